The van der Waals surface area contributed by atoms with Crippen LogP contribution >= 0.6 is 0 Å². The molecule has 0 aliphatic carbocycles. The van der Waals surface area contributed by atoms with Gasteiger partial charge in [0.1, 0.15) is 0 Å². The Morgan fingerprint density at radius 3 is 1.66 bits per heavy atom. The van der Waals surface area contributed by atoms with Gasteiger partial charge in [-0.1, -0.05) is 6.07 Å². The van der Waals surface area contributed by atoms with Gasteiger partial charge in [-0.3, -0.25) is 0 Å². The van der Waals surface area contributed by atoms with Crippen LogP contribution in [0.1, 0.15) is 5.56 Å². The van der Waals surface area contributed by atoms with Crippen LogP contribution in [0, 0.1) is 6.92 Å². The fourth-order valence-electron chi connectivity index (χ4n) is 2.78. The molecular formula is C25H20GeO3. The summed E-state index contributed by atoms with van der Waals surface area (Å²) in [6.45, 7) is 2.04. The van der Waals surface area contributed by atoms with E-state index in [0.29, 0.717) is 5.75 Å². The standard InChI is InChI=1S/C25H20GeO3/c1-19-8-5-11-21(16-19)27-22-12-6-13-23(17-22)28-24-14-7-15-25(18-24)29-26-20-9-3-2-4-10-20/h2-18H,1H3. The van der Waals surface area contributed by atoms with Gasteiger partial charge in [-0.25, -0.2) is 0 Å². The molecule has 29 heavy (non-hydrogen) atoms. The summed E-state index contributed by atoms with van der Waals surface area (Å²) >= 11 is -0.682. The zero-order chi connectivity index (χ0) is 19.9. The van der Waals surface area contributed by atoms with Crippen molar-refractivity contribution >= 4 is 20.2 Å². The minimum atomic E-state index is -0.682. The van der Waals surface area contributed by atoms with E-state index < -0.39 is 15.8 Å². The SMILES string of the molecule is Cc1cccc(Oc2cccc(Oc3cccc([O][Ge][c]4ccccc4)c3)c2)c1. The van der Waals surface area contributed by atoms with Crippen LogP contribution in [0.25, 0.3) is 0 Å². The summed E-state index contributed by atoms with van der Waals surface area (Å²) in [6.07, 6.45) is 0. The molecule has 0 amide bonds. The third kappa shape index (κ3) is 5.65. The molecule has 4 aromatic rings. The molecule has 0 spiro atoms. The zero-order valence-electron chi connectivity index (χ0n) is 16.0. The molecule has 4 rings (SSSR count). The molecule has 0 aromatic heterocycles. The van der Waals surface area contributed by atoms with E-state index in [9.17, 15) is 0 Å². The predicted octanol–water partition coefficient (Wildman–Crippen LogP) is 5.90. The number of hydrogen-bond acceptors (Lipinski definition) is 3. The normalized spacial score (nSPS) is 10.4. The minimum absolute atomic E-state index is 0.682. The first-order valence-electron chi connectivity index (χ1n) is 9.35. The summed E-state index contributed by atoms with van der Waals surface area (Å²) in [5, 5.41) is 0. The van der Waals surface area contributed by atoms with E-state index in [1.807, 2.05) is 97.9 Å². The average molecular weight is 441 g/mol. The van der Waals surface area contributed by atoms with Crippen molar-refractivity contribution in [1.29, 1.82) is 0 Å². The van der Waals surface area contributed by atoms with Crippen molar-refractivity contribution in [3.63, 3.8) is 0 Å². The molecule has 0 fully saturated rings. The molecule has 142 valence electrons. The predicted molar refractivity (Wildman–Crippen MR) is 117 cm³/mol. The number of ether oxygens (including phenoxy) is 2. The van der Waals surface area contributed by atoms with Crippen LogP contribution in [-0.2, 0) is 0 Å². The van der Waals surface area contributed by atoms with E-state index in [4.69, 9.17) is 13.2 Å². The Bertz CT molecular complexity index is 1080. The monoisotopic (exact) mass is 442 g/mol. The van der Waals surface area contributed by atoms with Gasteiger partial charge in [-0.2, -0.15) is 0 Å². The molecule has 0 unspecified atom stereocenters. The molecule has 0 atom stereocenters. The first-order valence-corrected chi connectivity index (χ1v) is 11.3. The molecule has 0 bridgehead atoms. The van der Waals surface area contributed by atoms with Crippen LogP contribution in [0.5, 0.6) is 28.7 Å². The van der Waals surface area contributed by atoms with Crippen LogP contribution in [0.3, 0.4) is 0 Å². The summed E-state index contributed by atoms with van der Waals surface area (Å²) in [4.78, 5) is 0. The second-order valence-electron chi connectivity index (χ2n) is 6.54. The molecule has 3 nitrogen and oxygen atoms in total. The third-order valence-electron chi connectivity index (χ3n) is 4.13. The van der Waals surface area contributed by atoms with E-state index in [-0.39, 0.29) is 0 Å². The Morgan fingerprint density at radius 2 is 1.03 bits per heavy atom. The van der Waals surface area contributed by atoms with Crippen LogP contribution < -0.4 is 17.6 Å². The van der Waals surface area contributed by atoms with Gasteiger partial charge >= 0.3 is 165 Å². The molecule has 0 saturated heterocycles. The van der Waals surface area contributed by atoms with E-state index >= 15 is 0 Å². The van der Waals surface area contributed by atoms with Crippen molar-refractivity contribution in [1.82, 2.24) is 0 Å². The van der Waals surface area contributed by atoms with Crippen LogP contribution in [0.15, 0.2) is 103 Å². The summed E-state index contributed by atoms with van der Waals surface area (Å²) in [5.74, 6) is 3.80. The van der Waals surface area contributed by atoms with Gasteiger partial charge in [0.2, 0.25) is 0 Å². The van der Waals surface area contributed by atoms with E-state index in [1.54, 1.807) is 0 Å². The second kappa shape index (κ2) is 9.35. The Kier molecular flexibility index (Phi) is 6.17. The molecular weight excluding hydrogens is 421 g/mol. The van der Waals surface area contributed by atoms with Gasteiger partial charge in [0, 0.05) is 0 Å². The first-order chi connectivity index (χ1) is 14.2. The maximum atomic E-state index is 6.03. The van der Waals surface area contributed by atoms with Crippen molar-refractivity contribution in [2.45, 2.75) is 6.92 Å². The summed E-state index contributed by atoms with van der Waals surface area (Å²) in [7, 11) is 0. The first kappa shape index (κ1) is 19.2. The summed E-state index contributed by atoms with van der Waals surface area (Å²) < 4.78 is 19.2. The number of benzene rings is 4. The zero-order valence-corrected chi connectivity index (χ0v) is 18.1. The fourth-order valence-corrected chi connectivity index (χ4v) is 4.23. The Balaban J connectivity index is 1.42. The Morgan fingerprint density at radius 1 is 0.517 bits per heavy atom. The van der Waals surface area contributed by atoms with Crippen LogP contribution in [-0.4, -0.2) is 15.8 Å². The van der Waals surface area contributed by atoms with Gasteiger partial charge in [0.25, 0.3) is 0 Å². The van der Waals surface area contributed by atoms with Crippen molar-refractivity contribution in [3.8, 4) is 28.7 Å². The molecule has 4 heteroatoms. The number of rotatable bonds is 7. The Labute approximate surface area is 177 Å². The van der Waals surface area contributed by atoms with Crippen molar-refractivity contribution < 1.29 is 13.2 Å². The van der Waals surface area contributed by atoms with Gasteiger partial charge in [-0.15, -0.1) is 0 Å². The molecule has 4 aromatic carbocycles. The molecule has 0 saturated carbocycles. The molecule has 2 radical (unpaired) electrons. The van der Waals surface area contributed by atoms with Crippen LogP contribution in [0.2, 0.25) is 0 Å². The molecule has 0 aliphatic heterocycles. The van der Waals surface area contributed by atoms with Gasteiger partial charge < -0.3 is 0 Å². The van der Waals surface area contributed by atoms with Gasteiger partial charge in [0.15, 0.2) is 0 Å². The summed E-state index contributed by atoms with van der Waals surface area (Å²) in [5.41, 5.74) is 1.16. The van der Waals surface area contributed by atoms with Crippen molar-refractivity contribution in [2.24, 2.45) is 0 Å². The average Bonchev–Trinajstić information content (AvgIpc) is 2.74. The number of aryl methyl sites for hydroxylation is 1. The van der Waals surface area contributed by atoms with Crippen LogP contribution in [0.4, 0.5) is 0 Å². The topological polar surface area (TPSA) is 27.7 Å². The van der Waals surface area contributed by atoms with Gasteiger partial charge in [0.05, 0.1) is 0 Å². The fraction of sp³-hybridized carbons (Fsp3) is 0.0400. The quantitative estimate of drug-likeness (QED) is 0.334. The van der Waals surface area contributed by atoms with E-state index in [2.05, 4.69) is 12.1 Å². The maximum absolute atomic E-state index is 6.03. The van der Waals surface area contributed by atoms with Crippen molar-refractivity contribution in [2.75, 3.05) is 0 Å². The number of hydrogen-bond donors (Lipinski definition) is 0. The molecule has 0 N–H and O–H groups in total. The van der Waals surface area contributed by atoms with Crippen molar-refractivity contribution in [3.05, 3.63) is 109 Å². The third-order valence-corrected chi connectivity index (χ3v) is 6.04. The van der Waals surface area contributed by atoms with E-state index in [0.717, 1.165) is 28.6 Å². The molecule has 0 aliphatic rings. The second-order valence-corrected chi connectivity index (χ2v) is 8.61. The van der Waals surface area contributed by atoms with E-state index in [1.165, 1.54) is 4.40 Å². The Hall–Kier alpha value is -3.18. The molecule has 0 heterocycles. The van der Waals surface area contributed by atoms with Gasteiger partial charge in [-0.05, 0) is 6.92 Å². The summed E-state index contributed by atoms with van der Waals surface area (Å²) in [6, 6.07) is 33.6.